The predicted molar refractivity (Wildman–Crippen MR) is 87.4 cm³/mol. The van der Waals surface area contributed by atoms with Gasteiger partial charge in [-0.15, -0.1) is 11.3 Å². The maximum atomic E-state index is 4.26. The van der Waals surface area contributed by atoms with E-state index in [9.17, 15) is 0 Å². The summed E-state index contributed by atoms with van der Waals surface area (Å²) < 4.78 is 0. The van der Waals surface area contributed by atoms with E-state index in [1.165, 1.54) is 30.6 Å². The highest BCUT2D eigenvalue weighted by atomic mass is 32.1. The molecule has 1 aliphatic rings. The maximum Gasteiger partial charge on any atom is 0.191 e. The van der Waals surface area contributed by atoms with Gasteiger partial charge >= 0.3 is 0 Å². The molecule has 0 aromatic carbocycles. The molecule has 2 N–H and O–H groups in total. The number of hydrogen-bond donors (Lipinski definition) is 2. The number of aliphatic imine (C=N–C) groups is 1. The molecule has 0 spiro atoms. The second-order valence-electron chi connectivity index (χ2n) is 5.35. The molecule has 0 radical (unpaired) electrons. The topological polar surface area (TPSA) is 39.7 Å². The zero-order valence-corrected chi connectivity index (χ0v) is 13.4. The highest BCUT2D eigenvalue weighted by Crippen LogP contribution is 2.21. The minimum absolute atomic E-state index is 0.790. The molecule has 0 aliphatic heterocycles. The van der Waals surface area contributed by atoms with E-state index >= 15 is 0 Å². The summed E-state index contributed by atoms with van der Waals surface area (Å²) >= 11 is 1.77. The first-order chi connectivity index (χ1) is 9.79. The average molecular weight is 294 g/mol. The lowest BCUT2D eigenvalue weighted by molar-refractivity contribution is 0.249. The molecule has 1 aromatic rings. The number of guanidine groups is 1. The van der Waals surface area contributed by atoms with E-state index in [1.54, 1.807) is 11.3 Å². The summed E-state index contributed by atoms with van der Waals surface area (Å²) in [6.07, 6.45) is 5.52. The maximum absolute atomic E-state index is 4.26. The molecule has 1 aliphatic carbocycles. The van der Waals surface area contributed by atoms with Crippen molar-refractivity contribution in [2.45, 2.75) is 38.3 Å². The molecule has 1 saturated carbocycles. The Hall–Kier alpha value is -1.07. The molecule has 1 aromatic heterocycles. The van der Waals surface area contributed by atoms with Gasteiger partial charge in [0.15, 0.2) is 5.96 Å². The molecule has 0 atom stereocenters. The van der Waals surface area contributed by atoms with E-state index in [4.69, 9.17) is 0 Å². The van der Waals surface area contributed by atoms with Crippen LogP contribution in [0.5, 0.6) is 0 Å². The van der Waals surface area contributed by atoms with E-state index in [-0.39, 0.29) is 0 Å². The summed E-state index contributed by atoms with van der Waals surface area (Å²) in [6.45, 7) is 2.86. The van der Waals surface area contributed by atoms with Crippen LogP contribution in [0.2, 0.25) is 0 Å². The molecule has 0 bridgehead atoms. The van der Waals surface area contributed by atoms with Gasteiger partial charge in [0, 0.05) is 31.1 Å². The lowest BCUT2D eigenvalue weighted by Gasteiger charge is -2.24. The Morgan fingerprint density at radius 3 is 2.85 bits per heavy atom. The number of nitrogens with zero attached hydrogens (tertiary/aromatic N) is 2. The second kappa shape index (κ2) is 8.27. The summed E-state index contributed by atoms with van der Waals surface area (Å²) in [5.74, 6) is 0.887. The Morgan fingerprint density at radius 2 is 2.20 bits per heavy atom. The van der Waals surface area contributed by atoms with Crippen LogP contribution >= 0.6 is 11.3 Å². The van der Waals surface area contributed by atoms with Crippen LogP contribution in [-0.2, 0) is 6.54 Å². The van der Waals surface area contributed by atoms with Crippen molar-refractivity contribution in [3.8, 4) is 0 Å². The third-order valence-electron chi connectivity index (χ3n) is 3.94. The van der Waals surface area contributed by atoms with Gasteiger partial charge < -0.3 is 15.5 Å². The molecule has 0 amide bonds. The van der Waals surface area contributed by atoms with Crippen LogP contribution in [0.4, 0.5) is 0 Å². The van der Waals surface area contributed by atoms with Crippen LogP contribution in [0.15, 0.2) is 22.5 Å². The van der Waals surface area contributed by atoms with Crippen LogP contribution in [0.25, 0.3) is 0 Å². The van der Waals surface area contributed by atoms with Crippen molar-refractivity contribution < 1.29 is 0 Å². The van der Waals surface area contributed by atoms with Gasteiger partial charge in [-0.3, -0.25) is 4.99 Å². The Balaban J connectivity index is 1.63. The molecule has 112 valence electrons. The van der Waals surface area contributed by atoms with Crippen molar-refractivity contribution in [2.24, 2.45) is 4.99 Å². The predicted octanol–water partition coefficient (Wildman–Crippen LogP) is 2.29. The molecule has 4 nitrogen and oxygen atoms in total. The molecule has 20 heavy (non-hydrogen) atoms. The lowest BCUT2D eigenvalue weighted by Crippen LogP contribution is -2.42. The van der Waals surface area contributed by atoms with Crippen LogP contribution in [0.3, 0.4) is 0 Å². The highest BCUT2D eigenvalue weighted by Gasteiger charge is 2.18. The van der Waals surface area contributed by atoms with E-state index in [2.05, 4.69) is 45.1 Å². The van der Waals surface area contributed by atoms with E-state index in [0.29, 0.717) is 0 Å². The van der Waals surface area contributed by atoms with Gasteiger partial charge in [-0.05, 0) is 31.3 Å². The van der Waals surface area contributed by atoms with E-state index in [1.807, 2.05) is 7.05 Å². The van der Waals surface area contributed by atoms with Gasteiger partial charge in [-0.2, -0.15) is 0 Å². The fourth-order valence-corrected chi connectivity index (χ4v) is 3.33. The second-order valence-corrected chi connectivity index (χ2v) is 6.38. The fraction of sp³-hybridized carbons (Fsp3) is 0.667. The number of nitrogens with one attached hydrogen (secondary N) is 2. The molecule has 0 unspecified atom stereocenters. The van der Waals surface area contributed by atoms with Crippen molar-refractivity contribution in [3.63, 3.8) is 0 Å². The minimum atomic E-state index is 0.790. The zero-order chi connectivity index (χ0) is 14.2. The quantitative estimate of drug-likeness (QED) is 0.625. The van der Waals surface area contributed by atoms with Crippen LogP contribution in [0.1, 0.15) is 30.6 Å². The van der Waals surface area contributed by atoms with Gasteiger partial charge in [-0.25, -0.2) is 0 Å². The monoisotopic (exact) mass is 294 g/mol. The highest BCUT2D eigenvalue weighted by molar-refractivity contribution is 7.09. The Kier molecular flexibility index (Phi) is 6.33. The van der Waals surface area contributed by atoms with Gasteiger partial charge in [0.1, 0.15) is 0 Å². The summed E-state index contributed by atoms with van der Waals surface area (Å²) in [5, 5.41) is 8.83. The van der Waals surface area contributed by atoms with Crippen molar-refractivity contribution in [1.82, 2.24) is 15.5 Å². The third kappa shape index (κ3) is 4.80. The molecule has 0 saturated heterocycles. The molecular weight excluding hydrogens is 268 g/mol. The van der Waals surface area contributed by atoms with Gasteiger partial charge in [-0.1, -0.05) is 18.9 Å². The van der Waals surface area contributed by atoms with Crippen molar-refractivity contribution in [2.75, 3.05) is 27.2 Å². The van der Waals surface area contributed by atoms with Crippen LogP contribution in [-0.4, -0.2) is 44.1 Å². The Labute approximate surface area is 126 Å². The minimum Gasteiger partial charge on any atom is -0.355 e. The van der Waals surface area contributed by atoms with Gasteiger partial charge in [0.2, 0.25) is 0 Å². The number of thiophene rings is 1. The van der Waals surface area contributed by atoms with Gasteiger partial charge in [0.05, 0.1) is 6.54 Å². The summed E-state index contributed by atoms with van der Waals surface area (Å²) in [7, 11) is 4.06. The zero-order valence-electron chi connectivity index (χ0n) is 12.6. The first-order valence-electron chi connectivity index (χ1n) is 7.46. The summed E-state index contributed by atoms with van der Waals surface area (Å²) in [4.78, 5) is 8.07. The SMILES string of the molecule is CN=C(NCCN(C)C1CCCC1)NCc1cccs1. The lowest BCUT2D eigenvalue weighted by atomic mass is 10.2. The van der Waals surface area contributed by atoms with Crippen LogP contribution in [0, 0.1) is 0 Å². The molecule has 1 fully saturated rings. The number of hydrogen-bond acceptors (Lipinski definition) is 3. The van der Waals surface area contributed by atoms with Gasteiger partial charge in [0.25, 0.3) is 0 Å². The van der Waals surface area contributed by atoms with E-state index in [0.717, 1.165) is 31.6 Å². The first-order valence-corrected chi connectivity index (χ1v) is 8.34. The fourth-order valence-electron chi connectivity index (χ4n) is 2.68. The standard InChI is InChI=1S/C15H26N4S/c1-16-15(18-12-14-8-5-11-20-14)17-9-10-19(2)13-6-3-4-7-13/h5,8,11,13H,3-4,6-7,9-10,12H2,1-2H3,(H2,16,17,18). The molecule has 2 rings (SSSR count). The molecular formula is C15H26N4S. The molecule has 1 heterocycles. The van der Waals surface area contributed by atoms with Crippen LogP contribution < -0.4 is 10.6 Å². The Bertz CT molecular complexity index is 396. The van der Waals surface area contributed by atoms with E-state index < -0.39 is 0 Å². The number of rotatable bonds is 6. The van der Waals surface area contributed by atoms with Crippen molar-refractivity contribution >= 4 is 17.3 Å². The summed E-state index contributed by atoms with van der Waals surface area (Å²) in [5.41, 5.74) is 0. The first kappa shape index (κ1) is 15.3. The summed E-state index contributed by atoms with van der Waals surface area (Å²) in [6, 6.07) is 5.01. The Morgan fingerprint density at radius 1 is 1.40 bits per heavy atom. The number of likely N-dealkylation sites (N-methyl/N-ethyl adjacent to an activating group) is 1. The average Bonchev–Trinajstić information content (AvgIpc) is 3.14. The molecule has 5 heteroatoms. The normalized spacial score (nSPS) is 16.9. The largest absolute Gasteiger partial charge is 0.355 e. The van der Waals surface area contributed by atoms with Crippen molar-refractivity contribution in [1.29, 1.82) is 0 Å². The smallest absolute Gasteiger partial charge is 0.191 e. The van der Waals surface area contributed by atoms with Crippen molar-refractivity contribution in [3.05, 3.63) is 22.4 Å². The third-order valence-corrected chi connectivity index (χ3v) is 4.82.